The number of hydrogen-bond acceptors (Lipinski definition) is 1. The van der Waals surface area contributed by atoms with E-state index in [0.717, 1.165) is 0 Å². The van der Waals surface area contributed by atoms with Gasteiger partial charge in [0.25, 0.3) is 0 Å². The van der Waals surface area contributed by atoms with Gasteiger partial charge in [0.05, 0.1) is 0 Å². The van der Waals surface area contributed by atoms with Crippen molar-refractivity contribution in [2.45, 2.75) is 6.11 Å². The van der Waals surface area contributed by atoms with Gasteiger partial charge in [-0.3, -0.25) is 0 Å². The second-order valence-corrected chi connectivity index (χ2v) is 0.799. The van der Waals surface area contributed by atoms with Crippen LogP contribution in [0.5, 0.6) is 0 Å². The molecule has 0 rings (SSSR count). The molecule has 0 fully saturated rings. The first kappa shape index (κ1) is 10.7. The van der Waals surface area contributed by atoms with E-state index in [4.69, 9.17) is 5.11 Å². The summed E-state index contributed by atoms with van der Waals surface area (Å²) in [5.74, 6) is 0. The van der Waals surface area contributed by atoms with Gasteiger partial charge in [-0.25, -0.2) is 4.39 Å². The molecule has 5 heteroatoms. The predicted octanol–water partition coefficient (Wildman–Crippen LogP) is -0.107. The van der Waals surface area contributed by atoms with E-state index >= 15 is 0 Å². The molecule has 0 aliphatic heterocycles. The Morgan fingerprint density at radius 3 is 1.57 bits per heavy atom. The predicted molar refractivity (Wildman–Crippen MR) is 20.3 cm³/mol. The van der Waals surface area contributed by atoms with Crippen LogP contribution in [0.2, 0.25) is 0 Å². The summed E-state index contributed by atoms with van der Waals surface area (Å²) in [7, 11) is 0. The summed E-state index contributed by atoms with van der Waals surface area (Å²) in [6.07, 6.45) is -4.12. The van der Waals surface area contributed by atoms with Crippen LogP contribution in [0, 0.1) is 0 Å². The molecule has 0 aliphatic carbocycles. The van der Waals surface area contributed by atoms with Crippen LogP contribution in [-0.4, -0.2) is 47.4 Å². The summed E-state index contributed by atoms with van der Waals surface area (Å²) in [5.41, 5.74) is 0. The monoisotopic (exact) mass is 124 g/mol. The van der Waals surface area contributed by atoms with E-state index in [2.05, 4.69) is 0 Å². The van der Waals surface area contributed by atoms with Crippen molar-refractivity contribution in [2.24, 2.45) is 0 Å². The number of halogens is 3. The van der Waals surface area contributed by atoms with E-state index in [1.165, 1.54) is 0 Å². The number of aliphatic hydroxyl groups is 1. The van der Waals surface area contributed by atoms with Gasteiger partial charge in [0, 0.05) is 0 Å². The van der Waals surface area contributed by atoms with E-state index in [0.29, 0.717) is 0 Å². The molecule has 0 bridgehead atoms. The molecule has 0 aromatic carbocycles. The molecular formula is C2H4F3NaO. The molecule has 0 aliphatic rings. The fourth-order valence-electron chi connectivity index (χ4n) is 0. The van der Waals surface area contributed by atoms with Crippen molar-refractivity contribution >= 4 is 29.6 Å². The quantitative estimate of drug-likeness (QED) is 0.483. The first-order valence-electron chi connectivity index (χ1n) is 1.22. The van der Waals surface area contributed by atoms with Gasteiger partial charge in [-0.1, -0.05) is 0 Å². The topological polar surface area (TPSA) is 20.2 Å². The Morgan fingerprint density at radius 1 is 1.43 bits per heavy atom. The van der Waals surface area contributed by atoms with Crippen LogP contribution in [0.4, 0.5) is 13.2 Å². The van der Waals surface area contributed by atoms with Crippen molar-refractivity contribution < 1.29 is 18.3 Å². The van der Waals surface area contributed by atoms with Crippen LogP contribution < -0.4 is 0 Å². The molecule has 7 heavy (non-hydrogen) atoms. The van der Waals surface area contributed by atoms with Gasteiger partial charge in [-0.15, -0.1) is 0 Å². The third-order valence-corrected chi connectivity index (χ3v) is 0.161. The molecule has 0 aromatic heterocycles. The van der Waals surface area contributed by atoms with Crippen LogP contribution in [0.15, 0.2) is 0 Å². The Bertz CT molecular complexity index is 42.7. The van der Waals surface area contributed by atoms with Crippen molar-refractivity contribution in [1.82, 2.24) is 0 Å². The van der Waals surface area contributed by atoms with Gasteiger partial charge >= 0.3 is 35.7 Å². The zero-order valence-corrected chi connectivity index (χ0v) is 2.79. The molecular weight excluding hydrogens is 120 g/mol. The fraction of sp³-hybridized carbons (Fsp3) is 1.00. The van der Waals surface area contributed by atoms with E-state index in [1.807, 2.05) is 0 Å². The van der Waals surface area contributed by atoms with Crippen molar-refractivity contribution in [3.8, 4) is 0 Å². The Morgan fingerprint density at radius 2 is 1.57 bits per heavy atom. The molecule has 0 heterocycles. The average Bonchev–Trinajstić information content (AvgIpc) is 1.35. The van der Waals surface area contributed by atoms with Gasteiger partial charge < -0.3 is 5.11 Å². The van der Waals surface area contributed by atoms with E-state index in [-0.39, 0.29) is 29.6 Å². The van der Waals surface area contributed by atoms with Gasteiger partial charge in [-0.05, 0) is 0 Å². The minimum atomic E-state index is -4.12. The number of rotatable bonds is 1. The third-order valence-electron chi connectivity index (χ3n) is 0.161. The van der Waals surface area contributed by atoms with E-state index in [9.17, 15) is 13.2 Å². The average molecular weight is 124 g/mol. The summed E-state index contributed by atoms with van der Waals surface area (Å²) >= 11 is 0. The molecule has 0 unspecified atom stereocenters. The van der Waals surface area contributed by atoms with Crippen molar-refractivity contribution in [2.75, 3.05) is 6.67 Å². The Hall–Kier alpha value is 0.750. The second kappa shape index (κ2) is 3.72. The molecule has 0 aromatic rings. The van der Waals surface area contributed by atoms with Crippen LogP contribution in [0.1, 0.15) is 0 Å². The van der Waals surface area contributed by atoms with Gasteiger partial charge in [0.15, 0.2) is 6.67 Å². The number of alkyl halides is 3. The first-order chi connectivity index (χ1) is 2.56. The zero-order valence-electron chi connectivity index (χ0n) is 2.79. The summed E-state index contributed by atoms with van der Waals surface area (Å²) in [4.78, 5) is 0. The minimum absolute atomic E-state index is 0. The molecule has 1 nitrogen and oxygen atoms in total. The van der Waals surface area contributed by atoms with Gasteiger partial charge in [0.2, 0.25) is 0 Å². The van der Waals surface area contributed by atoms with Crippen LogP contribution >= 0.6 is 0 Å². The number of hydrogen-bond donors (Lipinski definition) is 1. The van der Waals surface area contributed by atoms with E-state index < -0.39 is 12.8 Å². The summed E-state index contributed by atoms with van der Waals surface area (Å²) < 4.78 is 31.8. The maximum atomic E-state index is 10.6. The zero-order chi connectivity index (χ0) is 5.21. The van der Waals surface area contributed by atoms with Crippen LogP contribution in [0.25, 0.3) is 0 Å². The Balaban J connectivity index is 0. The normalized spacial score (nSPS) is 10.3. The van der Waals surface area contributed by atoms with Crippen molar-refractivity contribution in [3.05, 3.63) is 0 Å². The summed E-state index contributed by atoms with van der Waals surface area (Å²) in [5, 5.41) is 7.12. The Labute approximate surface area is 60.8 Å². The van der Waals surface area contributed by atoms with Gasteiger partial charge in [-0.2, -0.15) is 8.78 Å². The molecule has 40 valence electrons. The van der Waals surface area contributed by atoms with Gasteiger partial charge in [0.1, 0.15) is 0 Å². The SMILES string of the molecule is OC(F)(F)CF.[NaH]. The standard InChI is InChI=1S/C2H3F3O.Na.H/c3-1-2(4,5)6;;/h6H,1H2;;. The van der Waals surface area contributed by atoms with Crippen molar-refractivity contribution in [1.29, 1.82) is 0 Å². The second-order valence-electron chi connectivity index (χ2n) is 0.799. The molecule has 0 atom stereocenters. The summed E-state index contributed by atoms with van der Waals surface area (Å²) in [6, 6.07) is 0. The molecule has 0 saturated heterocycles. The molecule has 0 spiro atoms. The summed E-state index contributed by atoms with van der Waals surface area (Å²) in [6.45, 7) is -2.01. The van der Waals surface area contributed by atoms with Crippen LogP contribution in [-0.2, 0) is 0 Å². The molecule has 0 amide bonds. The first-order valence-corrected chi connectivity index (χ1v) is 1.22. The van der Waals surface area contributed by atoms with Crippen LogP contribution in [0.3, 0.4) is 0 Å². The molecule has 0 radical (unpaired) electrons. The molecule has 0 saturated carbocycles. The maximum absolute atomic E-state index is 10.6. The van der Waals surface area contributed by atoms with Crippen molar-refractivity contribution in [3.63, 3.8) is 0 Å². The van der Waals surface area contributed by atoms with E-state index in [1.54, 1.807) is 0 Å². The fourth-order valence-corrected chi connectivity index (χ4v) is 0. The third kappa shape index (κ3) is 10.8. The molecule has 1 N–H and O–H groups in total. The Kier molecular flexibility index (Phi) is 5.67.